The Balaban J connectivity index is 1.53. The third kappa shape index (κ3) is 4.12. The van der Waals surface area contributed by atoms with Crippen LogP contribution < -0.4 is 10.9 Å². The van der Waals surface area contributed by atoms with Crippen LogP contribution in [0.4, 0.5) is 5.69 Å². The second-order valence-corrected chi connectivity index (χ2v) is 8.44. The van der Waals surface area contributed by atoms with Gasteiger partial charge in [-0.15, -0.1) is 0 Å². The van der Waals surface area contributed by atoms with Crippen LogP contribution in [0.5, 0.6) is 0 Å². The van der Waals surface area contributed by atoms with Crippen LogP contribution in [0.25, 0.3) is 11.1 Å². The number of aromatic nitrogens is 2. The molecule has 5 nitrogen and oxygen atoms in total. The van der Waals surface area contributed by atoms with Crippen molar-refractivity contribution in [3.63, 3.8) is 0 Å². The van der Waals surface area contributed by atoms with Crippen molar-refractivity contribution in [3.8, 4) is 11.1 Å². The van der Waals surface area contributed by atoms with Crippen LogP contribution in [-0.4, -0.2) is 21.2 Å². The molecule has 6 heteroatoms. The minimum Gasteiger partial charge on any atom is -0.325 e. The van der Waals surface area contributed by atoms with Crippen molar-refractivity contribution in [2.75, 3.05) is 11.1 Å². The molecule has 1 unspecified atom stereocenters. The Morgan fingerprint density at radius 1 is 1.17 bits per heavy atom. The Kier molecular flexibility index (Phi) is 5.53. The second-order valence-electron chi connectivity index (χ2n) is 7.46. The molecule has 1 aliphatic rings. The van der Waals surface area contributed by atoms with E-state index < -0.39 is 0 Å². The lowest BCUT2D eigenvalue weighted by Gasteiger charge is -2.16. The van der Waals surface area contributed by atoms with E-state index in [1.54, 1.807) is 22.4 Å². The van der Waals surface area contributed by atoms with Gasteiger partial charge in [-0.05, 0) is 17.5 Å². The number of thioether (sulfide) groups is 1. The zero-order valence-electron chi connectivity index (χ0n) is 16.5. The molecule has 29 heavy (non-hydrogen) atoms. The highest BCUT2D eigenvalue weighted by Gasteiger charge is 2.28. The van der Waals surface area contributed by atoms with Crippen molar-refractivity contribution in [1.82, 2.24) is 9.55 Å². The topological polar surface area (TPSA) is 64.0 Å². The highest BCUT2D eigenvalue weighted by atomic mass is 32.2. The summed E-state index contributed by atoms with van der Waals surface area (Å²) in [5.41, 5.74) is 3.52. The third-order valence-electron chi connectivity index (χ3n) is 5.01. The van der Waals surface area contributed by atoms with Crippen LogP contribution in [0.2, 0.25) is 0 Å². The molecule has 0 saturated heterocycles. The van der Waals surface area contributed by atoms with Crippen molar-refractivity contribution in [3.05, 3.63) is 76.7 Å². The highest BCUT2D eigenvalue weighted by molar-refractivity contribution is 7.99. The fraction of sp³-hybridized carbons (Fsp3) is 0.261. The highest BCUT2D eigenvalue weighted by Crippen LogP contribution is 2.33. The minimum atomic E-state index is -0.180. The molecule has 1 N–H and O–H groups in total. The molecule has 0 fully saturated rings. The molecule has 0 saturated carbocycles. The predicted octanol–water partition coefficient (Wildman–Crippen LogP) is 4.71. The van der Waals surface area contributed by atoms with Gasteiger partial charge in [0, 0.05) is 29.5 Å². The van der Waals surface area contributed by atoms with E-state index in [4.69, 9.17) is 0 Å². The zero-order valence-corrected chi connectivity index (χ0v) is 17.3. The van der Waals surface area contributed by atoms with E-state index in [0.717, 1.165) is 22.5 Å². The molecule has 0 spiro atoms. The Bertz CT molecular complexity index is 1090. The SMILES string of the molecule is CC(C)c1cc(=O)n2c(n1)SCC2CC(=O)Nc1ccccc1-c1ccccc1. The lowest BCUT2D eigenvalue weighted by atomic mass is 10.0. The summed E-state index contributed by atoms with van der Waals surface area (Å²) in [6.07, 6.45) is 0.242. The van der Waals surface area contributed by atoms with Crippen molar-refractivity contribution in [2.24, 2.45) is 0 Å². The van der Waals surface area contributed by atoms with Crippen molar-refractivity contribution < 1.29 is 4.79 Å². The second kappa shape index (κ2) is 8.25. The van der Waals surface area contributed by atoms with Gasteiger partial charge < -0.3 is 5.32 Å². The number of hydrogen-bond donors (Lipinski definition) is 1. The summed E-state index contributed by atoms with van der Waals surface area (Å²) in [5, 5.41) is 3.74. The normalized spacial score (nSPS) is 15.3. The average molecular weight is 406 g/mol. The molecule has 2 aromatic carbocycles. The van der Waals surface area contributed by atoms with Gasteiger partial charge in [-0.2, -0.15) is 0 Å². The maximum absolute atomic E-state index is 12.8. The summed E-state index contributed by atoms with van der Waals surface area (Å²) >= 11 is 1.54. The first kappa shape index (κ1) is 19.5. The van der Waals surface area contributed by atoms with Crippen LogP contribution in [0, 0.1) is 0 Å². The van der Waals surface area contributed by atoms with Crippen molar-refractivity contribution in [1.29, 1.82) is 0 Å². The number of para-hydroxylation sites is 1. The fourth-order valence-corrected chi connectivity index (χ4v) is 4.65. The van der Waals surface area contributed by atoms with E-state index in [2.05, 4.69) is 10.3 Å². The van der Waals surface area contributed by atoms with Gasteiger partial charge >= 0.3 is 0 Å². The summed E-state index contributed by atoms with van der Waals surface area (Å²) in [4.78, 5) is 30.0. The Hall–Kier alpha value is -2.86. The van der Waals surface area contributed by atoms with Gasteiger partial charge in [0.15, 0.2) is 5.16 Å². The summed E-state index contributed by atoms with van der Waals surface area (Å²) in [6, 6.07) is 19.1. The van der Waals surface area contributed by atoms with Crippen molar-refractivity contribution in [2.45, 2.75) is 37.4 Å². The summed E-state index contributed by atoms with van der Waals surface area (Å²) in [5.74, 6) is 0.773. The van der Waals surface area contributed by atoms with Gasteiger partial charge in [-0.25, -0.2) is 4.98 Å². The summed E-state index contributed by atoms with van der Waals surface area (Å²) < 4.78 is 1.67. The van der Waals surface area contributed by atoms with E-state index in [1.165, 1.54) is 0 Å². The number of carbonyl (C=O) groups excluding carboxylic acids is 1. The number of amides is 1. The van der Waals surface area contributed by atoms with Gasteiger partial charge in [0.1, 0.15) is 0 Å². The maximum atomic E-state index is 12.8. The average Bonchev–Trinajstić information content (AvgIpc) is 3.12. The Morgan fingerprint density at radius 2 is 1.90 bits per heavy atom. The number of fused-ring (bicyclic) bond motifs is 1. The van der Waals surface area contributed by atoms with Gasteiger partial charge in [0.2, 0.25) is 5.91 Å². The van der Waals surface area contributed by atoms with Gasteiger partial charge in [0.25, 0.3) is 5.56 Å². The molecule has 1 aliphatic heterocycles. The van der Waals surface area contributed by atoms with E-state index in [9.17, 15) is 9.59 Å². The third-order valence-corrected chi connectivity index (χ3v) is 6.11. The molecular formula is C23H23N3O2S. The van der Waals surface area contributed by atoms with Crippen LogP contribution in [0.15, 0.2) is 70.6 Å². The first-order chi connectivity index (χ1) is 14.0. The van der Waals surface area contributed by atoms with E-state index in [-0.39, 0.29) is 29.8 Å². The number of nitrogens with one attached hydrogen (secondary N) is 1. The molecule has 3 aromatic rings. The number of hydrogen-bond acceptors (Lipinski definition) is 4. The first-order valence-corrected chi connectivity index (χ1v) is 10.7. The monoisotopic (exact) mass is 405 g/mol. The van der Waals surface area contributed by atoms with Crippen LogP contribution in [0.3, 0.4) is 0 Å². The molecule has 0 radical (unpaired) electrons. The van der Waals surface area contributed by atoms with Crippen LogP contribution >= 0.6 is 11.8 Å². The van der Waals surface area contributed by atoms with Crippen LogP contribution in [0.1, 0.15) is 37.9 Å². The molecule has 4 rings (SSSR count). The molecular weight excluding hydrogens is 382 g/mol. The summed E-state index contributed by atoms with van der Waals surface area (Å²) in [6.45, 7) is 4.04. The molecule has 1 amide bonds. The van der Waals surface area contributed by atoms with E-state index in [1.807, 2.05) is 68.4 Å². The van der Waals surface area contributed by atoms with Crippen LogP contribution in [-0.2, 0) is 4.79 Å². The fourth-order valence-electron chi connectivity index (χ4n) is 3.49. The Morgan fingerprint density at radius 3 is 2.66 bits per heavy atom. The van der Waals surface area contributed by atoms with Gasteiger partial charge in [-0.3, -0.25) is 14.2 Å². The van der Waals surface area contributed by atoms with E-state index >= 15 is 0 Å². The van der Waals surface area contributed by atoms with Gasteiger partial charge in [-0.1, -0.05) is 74.1 Å². The van der Waals surface area contributed by atoms with E-state index in [0.29, 0.717) is 10.9 Å². The maximum Gasteiger partial charge on any atom is 0.254 e. The number of carbonyl (C=O) groups is 1. The number of rotatable bonds is 5. The molecule has 0 bridgehead atoms. The molecule has 1 atom stereocenters. The van der Waals surface area contributed by atoms with Crippen molar-refractivity contribution >= 4 is 23.4 Å². The minimum absolute atomic E-state index is 0.0776. The smallest absolute Gasteiger partial charge is 0.254 e. The molecule has 2 heterocycles. The standard InChI is InChI=1S/C23H23N3O2S/c1-15(2)20-13-22(28)26-17(14-29-23(26)25-20)12-21(27)24-19-11-7-6-10-18(19)16-8-4-3-5-9-16/h3-11,13,15,17H,12,14H2,1-2H3,(H,24,27). The quantitative estimate of drug-likeness (QED) is 0.625. The molecule has 0 aliphatic carbocycles. The largest absolute Gasteiger partial charge is 0.325 e. The van der Waals surface area contributed by atoms with Gasteiger partial charge in [0.05, 0.1) is 11.7 Å². The Labute approximate surface area is 174 Å². The first-order valence-electron chi connectivity index (χ1n) is 9.73. The molecule has 1 aromatic heterocycles. The number of nitrogens with zero attached hydrogens (tertiary/aromatic N) is 2. The zero-order chi connectivity index (χ0) is 20.4. The lowest BCUT2D eigenvalue weighted by Crippen LogP contribution is -2.28. The number of anilines is 1. The predicted molar refractivity (Wildman–Crippen MR) is 117 cm³/mol. The molecule has 148 valence electrons. The lowest BCUT2D eigenvalue weighted by molar-refractivity contribution is -0.116. The number of benzene rings is 2. The summed E-state index contributed by atoms with van der Waals surface area (Å²) in [7, 11) is 0.